The fraction of sp³-hybridized carbons (Fsp3) is 0.588. The van der Waals surface area contributed by atoms with Crippen LogP contribution in [0, 0.1) is 0 Å². The maximum Gasteiger partial charge on any atom is 0.251 e. The molecule has 1 aromatic rings. The fourth-order valence-electron chi connectivity index (χ4n) is 3.75. The molecule has 3 atom stereocenters. The van der Waals surface area contributed by atoms with Crippen LogP contribution in [0.15, 0.2) is 18.2 Å². The van der Waals surface area contributed by atoms with Crippen molar-refractivity contribution >= 4 is 5.91 Å². The molecule has 0 bridgehead atoms. The van der Waals surface area contributed by atoms with Crippen LogP contribution in [0.25, 0.3) is 0 Å². The van der Waals surface area contributed by atoms with Crippen molar-refractivity contribution in [3.8, 4) is 11.5 Å². The van der Waals surface area contributed by atoms with Crippen molar-refractivity contribution in [2.75, 3.05) is 27.4 Å². The number of likely N-dealkylation sites (tertiary alicyclic amines) is 1. The van der Waals surface area contributed by atoms with Gasteiger partial charge in [0.15, 0.2) is 11.5 Å². The molecule has 0 unspecified atom stereocenters. The fourth-order valence-corrected chi connectivity index (χ4v) is 3.75. The summed E-state index contributed by atoms with van der Waals surface area (Å²) in [5, 5.41) is 0. The number of benzene rings is 1. The van der Waals surface area contributed by atoms with Gasteiger partial charge in [-0.25, -0.2) is 0 Å². The van der Waals surface area contributed by atoms with Crippen LogP contribution in [0.3, 0.4) is 0 Å². The summed E-state index contributed by atoms with van der Waals surface area (Å²) in [5.41, 5.74) is 1.21. The van der Waals surface area contributed by atoms with E-state index >= 15 is 0 Å². The molecule has 3 heterocycles. The molecule has 0 radical (unpaired) electrons. The Balaban J connectivity index is 1.43. The van der Waals surface area contributed by atoms with Gasteiger partial charge in [0.1, 0.15) is 6.10 Å². The summed E-state index contributed by atoms with van der Waals surface area (Å²) in [6, 6.07) is 6.43. The molecular weight excluding hydrogens is 296 g/mol. The Morgan fingerprint density at radius 1 is 1.30 bits per heavy atom. The molecule has 0 saturated carbocycles. The van der Waals surface area contributed by atoms with E-state index in [0.717, 1.165) is 37.4 Å². The van der Waals surface area contributed by atoms with Crippen LogP contribution in [0.5, 0.6) is 11.5 Å². The molecule has 2 saturated heterocycles. The maximum absolute atomic E-state index is 12.1. The molecule has 0 aromatic heterocycles. The van der Waals surface area contributed by atoms with Crippen LogP contribution < -0.4 is 9.47 Å². The van der Waals surface area contributed by atoms with Crippen molar-refractivity contribution in [2.24, 2.45) is 0 Å². The topological polar surface area (TPSA) is 51.2 Å². The molecular formula is C17H22N2O4. The lowest BCUT2D eigenvalue weighted by Crippen LogP contribution is -2.35. The second-order valence-corrected chi connectivity index (χ2v) is 6.65. The highest BCUT2D eigenvalue weighted by Gasteiger charge is 2.45. The molecule has 0 N–H and O–H groups in total. The monoisotopic (exact) mass is 318 g/mol. The van der Waals surface area contributed by atoms with E-state index in [-0.39, 0.29) is 18.1 Å². The lowest BCUT2D eigenvalue weighted by Gasteiger charge is -2.23. The summed E-state index contributed by atoms with van der Waals surface area (Å²) in [4.78, 5) is 16.2. The zero-order valence-corrected chi connectivity index (χ0v) is 13.5. The number of carbonyl (C=O) groups excluding carboxylic acids is 1. The summed E-state index contributed by atoms with van der Waals surface area (Å²) in [7, 11) is 3.56. The molecule has 1 aromatic carbocycles. The quantitative estimate of drug-likeness (QED) is 0.839. The van der Waals surface area contributed by atoms with Crippen LogP contribution in [-0.2, 0) is 16.1 Å². The van der Waals surface area contributed by atoms with E-state index in [4.69, 9.17) is 14.2 Å². The van der Waals surface area contributed by atoms with E-state index in [1.165, 1.54) is 5.56 Å². The van der Waals surface area contributed by atoms with E-state index in [1.807, 2.05) is 12.1 Å². The minimum atomic E-state index is -0.292. The molecule has 124 valence electrons. The van der Waals surface area contributed by atoms with Crippen LogP contribution in [0.4, 0.5) is 0 Å². The van der Waals surface area contributed by atoms with Crippen LogP contribution in [-0.4, -0.2) is 61.4 Å². The predicted octanol–water partition coefficient (Wildman–Crippen LogP) is 1.24. The van der Waals surface area contributed by atoms with Crippen molar-refractivity contribution in [3.05, 3.63) is 23.8 Å². The molecule has 3 aliphatic heterocycles. The molecule has 0 aliphatic carbocycles. The standard InChI is InChI=1S/C17H22N2O4/c1-18(2)17(20)16-8-12-13(23-16)5-6-19(12)9-11-3-4-14-15(7-11)22-10-21-14/h3-4,7,12-13,16H,5-6,8-10H2,1-2H3/t12-,13-,16+/m0/s1. The van der Waals surface area contributed by atoms with E-state index in [0.29, 0.717) is 12.8 Å². The minimum absolute atomic E-state index is 0.0717. The first kappa shape index (κ1) is 14.8. The number of fused-ring (bicyclic) bond motifs is 2. The average Bonchev–Trinajstić information content (AvgIpc) is 3.22. The summed E-state index contributed by atoms with van der Waals surface area (Å²) in [6.45, 7) is 2.16. The lowest BCUT2D eigenvalue weighted by molar-refractivity contribution is -0.140. The lowest BCUT2D eigenvalue weighted by atomic mass is 10.1. The second-order valence-electron chi connectivity index (χ2n) is 6.65. The third-order valence-electron chi connectivity index (χ3n) is 4.93. The Morgan fingerprint density at radius 2 is 2.13 bits per heavy atom. The zero-order valence-electron chi connectivity index (χ0n) is 13.5. The summed E-state index contributed by atoms with van der Waals surface area (Å²) in [6.07, 6.45) is 1.66. The number of amides is 1. The smallest absolute Gasteiger partial charge is 0.251 e. The number of nitrogens with zero attached hydrogens (tertiary/aromatic N) is 2. The molecule has 6 heteroatoms. The van der Waals surface area contributed by atoms with Gasteiger partial charge < -0.3 is 19.1 Å². The molecule has 23 heavy (non-hydrogen) atoms. The van der Waals surface area contributed by atoms with Gasteiger partial charge in [-0.05, 0) is 24.1 Å². The van der Waals surface area contributed by atoms with Crippen LogP contribution in [0.1, 0.15) is 18.4 Å². The third-order valence-corrected chi connectivity index (χ3v) is 4.93. The predicted molar refractivity (Wildman–Crippen MR) is 83.4 cm³/mol. The van der Waals surface area contributed by atoms with Crippen LogP contribution in [0.2, 0.25) is 0 Å². The number of hydrogen-bond acceptors (Lipinski definition) is 5. The van der Waals surface area contributed by atoms with Crippen LogP contribution >= 0.6 is 0 Å². The number of carbonyl (C=O) groups is 1. The zero-order chi connectivity index (χ0) is 16.0. The maximum atomic E-state index is 12.1. The molecule has 3 aliphatic rings. The normalized spacial score (nSPS) is 28.9. The number of ether oxygens (including phenoxy) is 3. The Morgan fingerprint density at radius 3 is 2.96 bits per heavy atom. The molecule has 2 fully saturated rings. The largest absolute Gasteiger partial charge is 0.454 e. The Labute approximate surface area is 135 Å². The minimum Gasteiger partial charge on any atom is -0.454 e. The Kier molecular flexibility index (Phi) is 3.66. The van der Waals surface area contributed by atoms with Gasteiger partial charge in [0, 0.05) is 39.6 Å². The van der Waals surface area contributed by atoms with E-state index in [9.17, 15) is 4.79 Å². The number of likely N-dealkylation sites (N-methyl/N-ethyl adjacent to an activating group) is 1. The molecule has 6 nitrogen and oxygen atoms in total. The second kappa shape index (κ2) is 5.69. The van der Waals surface area contributed by atoms with Gasteiger partial charge in [-0.15, -0.1) is 0 Å². The number of hydrogen-bond donors (Lipinski definition) is 0. The van der Waals surface area contributed by atoms with Gasteiger partial charge in [0.25, 0.3) is 5.91 Å². The highest BCUT2D eigenvalue weighted by Crippen LogP contribution is 2.36. The Hall–Kier alpha value is -1.79. The SMILES string of the molecule is CN(C)C(=O)[C@H]1C[C@H]2[C@H](CCN2Cc2ccc3c(c2)OCO3)O1. The van der Waals surface area contributed by atoms with Gasteiger partial charge in [-0.3, -0.25) is 9.69 Å². The van der Waals surface area contributed by atoms with Gasteiger partial charge in [0.2, 0.25) is 6.79 Å². The number of rotatable bonds is 3. The molecule has 0 spiro atoms. The van der Waals surface area contributed by atoms with Crippen molar-refractivity contribution in [2.45, 2.75) is 37.6 Å². The van der Waals surface area contributed by atoms with E-state index < -0.39 is 0 Å². The van der Waals surface area contributed by atoms with Crippen molar-refractivity contribution < 1.29 is 19.0 Å². The first-order valence-corrected chi connectivity index (χ1v) is 8.11. The van der Waals surface area contributed by atoms with Crippen molar-refractivity contribution in [1.29, 1.82) is 0 Å². The van der Waals surface area contributed by atoms with Gasteiger partial charge in [-0.2, -0.15) is 0 Å². The van der Waals surface area contributed by atoms with Gasteiger partial charge >= 0.3 is 0 Å². The van der Waals surface area contributed by atoms with E-state index in [2.05, 4.69) is 11.0 Å². The Bertz CT molecular complexity index is 619. The van der Waals surface area contributed by atoms with Gasteiger partial charge in [-0.1, -0.05) is 6.07 Å². The van der Waals surface area contributed by atoms with Gasteiger partial charge in [0.05, 0.1) is 6.10 Å². The molecule has 4 rings (SSSR count). The van der Waals surface area contributed by atoms with Crippen molar-refractivity contribution in [1.82, 2.24) is 9.80 Å². The highest BCUT2D eigenvalue weighted by atomic mass is 16.7. The van der Waals surface area contributed by atoms with E-state index in [1.54, 1.807) is 19.0 Å². The van der Waals surface area contributed by atoms with Crippen molar-refractivity contribution in [3.63, 3.8) is 0 Å². The first-order chi connectivity index (χ1) is 11.1. The highest BCUT2D eigenvalue weighted by molar-refractivity contribution is 5.80. The summed E-state index contributed by atoms with van der Waals surface area (Å²) < 4.78 is 16.8. The summed E-state index contributed by atoms with van der Waals surface area (Å²) >= 11 is 0. The first-order valence-electron chi connectivity index (χ1n) is 8.11. The molecule has 1 amide bonds. The summed E-state index contributed by atoms with van der Waals surface area (Å²) in [5.74, 6) is 1.71. The average molecular weight is 318 g/mol. The third kappa shape index (κ3) is 2.66.